The molecule has 6 N–H and O–H groups in total. The molecule has 9 nitrogen and oxygen atoms in total. The van der Waals surface area contributed by atoms with E-state index in [1.807, 2.05) is 61.5 Å². The summed E-state index contributed by atoms with van der Waals surface area (Å²) in [6.45, 7) is 2.07. The van der Waals surface area contributed by atoms with Gasteiger partial charge in [0.25, 0.3) is 6.47 Å². The maximum atomic E-state index is 13.4. The van der Waals surface area contributed by atoms with Crippen molar-refractivity contribution in [3.05, 3.63) is 130 Å². The molecule has 10 heteroatoms. The second-order valence-electron chi connectivity index (χ2n) is 9.14. The molecule has 0 fully saturated rings. The van der Waals surface area contributed by atoms with Crippen LogP contribution in [0.15, 0.2) is 108 Å². The van der Waals surface area contributed by atoms with Crippen LogP contribution in [0.3, 0.4) is 0 Å². The van der Waals surface area contributed by atoms with E-state index in [1.165, 1.54) is 0 Å². The van der Waals surface area contributed by atoms with Crippen LogP contribution in [-0.2, 0) is 21.0 Å². The van der Waals surface area contributed by atoms with Gasteiger partial charge in [-0.3, -0.25) is 19.8 Å². The van der Waals surface area contributed by atoms with Crippen molar-refractivity contribution in [1.82, 2.24) is 5.32 Å². The van der Waals surface area contributed by atoms with E-state index in [9.17, 15) is 9.59 Å². The number of ether oxygens (including phenoxy) is 1. The van der Waals surface area contributed by atoms with Gasteiger partial charge in [-0.2, -0.15) is 0 Å². The minimum atomic E-state index is -1.06. The second kappa shape index (κ2) is 15.7. The molecule has 0 bridgehead atoms. The van der Waals surface area contributed by atoms with E-state index in [1.54, 1.807) is 48.5 Å². The summed E-state index contributed by atoms with van der Waals surface area (Å²) in [4.78, 5) is 35.1. The summed E-state index contributed by atoms with van der Waals surface area (Å²) in [5, 5.41) is 20.2. The number of carbonyl (C=O) groups is 3. The van der Waals surface area contributed by atoms with Gasteiger partial charge < -0.3 is 26.2 Å². The number of benzene rings is 4. The Morgan fingerprint density at radius 3 is 2.07 bits per heavy atom. The number of carboxylic acid groups (broad SMARTS) is 1. The number of nitrogens with one attached hydrogen (secondary N) is 3. The third-order valence-electron chi connectivity index (χ3n) is 6.18. The third kappa shape index (κ3) is 9.31. The number of rotatable bonds is 10. The summed E-state index contributed by atoms with van der Waals surface area (Å²) in [7, 11) is 0. The van der Waals surface area contributed by atoms with E-state index < -0.39 is 17.7 Å². The maximum Gasteiger partial charge on any atom is 0.290 e. The van der Waals surface area contributed by atoms with Gasteiger partial charge in [0.2, 0.25) is 11.8 Å². The predicted molar refractivity (Wildman–Crippen MR) is 165 cm³/mol. The first kappa shape index (κ1) is 31.6. The molecular formula is C32H31BrN4O5. The number of carbonyl (C=O) groups excluding carboxylic acids is 2. The fourth-order valence-corrected chi connectivity index (χ4v) is 4.26. The number of hydrogen-bond acceptors (Lipinski definition) is 5. The lowest BCUT2D eigenvalue weighted by Crippen LogP contribution is -2.37. The highest BCUT2D eigenvalue weighted by Crippen LogP contribution is 2.23. The van der Waals surface area contributed by atoms with Gasteiger partial charge in [0.05, 0.1) is 6.04 Å². The molecule has 0 aromatic heterocycles. The van der Waals surface area contributed by atoms with E-state index in [0.717, 1.165) is 21.3 Å². The van der Waals surface area contributed by atoms with Crippen molar-refractivity contribution in [2.24, 2.45) is 5.73 Å². The van der Waals surface area contributed by atoms with Gasteiger partial charge in [-0.25, -0.2) is 0 Å². The number of halogens is 1. The lowest BCUT2D eigenvalue weighted by atomic mass is 9.96. The molecule has 2 atom stereocenters. The lowest BCUT2D eigenvalue weighted by molar-refractivity contribution is -0.129. The maximum absolute atomic E-state index is 13.4. The quantitative estimate of drug-likeness (QED) is 0.0663. The van der Waals surface area contributed by atoms with Gasteiger partial charge in [0.15, 0.2) is 0 Å². The van der Waals surface area contributed by atoms with E-state index in [-0.39, 0.29) is 18.3 Å². The SMILES string of the molecule is CC(NC(=O)C(C(=O)Nc1ccc(C(=N)N)cc1)c1ccccc1)c1ccc(OCc2ccc(Br)cc2)cc1.O=CO. The van der Waals surface area contributed by atoms with Crippen LogP contribution in [0.4, 0.5) is 5.69 Å². The highest BCUT2D eigenvalue weighted by atomic mass is 79.9. The zero-order valence-electron chi connectivity index (χ0n) is 22.8. The van der Waals surface area contributed by atoms with Crippen LogP contribution in [0.25, 0.3) is 0 Å². The Kier molecular flexibility index (Phi) is 11.8. The molecule has 4 aromatic carbocycles. The summed E-state index contributed by atoms with van der Waals surface area (Å²) in [6, 6.07) is 30.6. The smallest absolute Gasteiger partial charge is 0.290 e. The normalized spacial score (nSPS) is 11.6. The number of hydrogen-bond donors (Lipinski definition) is 5. The molecule has 4 aromatic rings. The molecular weight excluding hydrogens is 600 g/mol. The molecule has 0 saturated heterocycles. The molecule has 0 saturated carbocycles. The van der Waals surface area contributed by atoms with Crippen LogP contribution in [0.5, 0.6) is 5.75 Å². The molecule has 2 unspecified atom stereocenters. The van der Waals surface area contributed by atoms with Gasteiger partial charge in [-0.1, -0.05) is 70.5 Å². The van der Waals surface area contributed by atoms with E-state index in [2.05, 4.69) is 26.6 Å². The zero-order chi connectivity index (χ0) is 30.5. The van der Waals surface area contributed by atoms with Crippen LogP contribution in [-0.4, -0.2) is 29.2 Å². The topological polar surface area (TPSA) is 155 Å². The number of amides is 2. The monoisotopic (exact) mass is 630 g/mol. The van der Waals surface area contributed by atoms with Crippen LogP contribution >= 0.6 is 15.9 Å². The molecule has 42 heavy (non-hydrogen) atoms. The molecule has 4 rings (SSSR count). The Balaban J connectivity index is 0.00000155. The number of anilines is 1. The van der Waals surface area contributed by atoms with E-state index >= 15 is 0 Å². The predicted octanol–water partition coefficient (Wildman–Crippen LogP) is 5.61. The summed E-state index contributed by atoms with van der Waals surface area (Å²) in [5.41, 5.74) is 9.08. The molecule has 0 heterocycles. The Bertz CT molecular complexity index is 1480. The zero-order valence-corrected chi connectivity index (χ0v) is 24.4. The summed E-state index contributed by atoms with van der Waals surface area (Å²) in [6.07, 6.45) is 0. The summed E-state index contributed by atoms with van der Waals surface area (Å²) in [5.74, 6) is -1.28. The standard InChI is InChI=1S/C31H29BrN4O3.CH2O2/c1-20(22-11-17-27(18-12-22)39-19-21-7-13-25(32)14-8-21)35-30(37)28(23-5-3-2-4-6-23)31(38)36-26-15-9-24(10-16-26)29(33)34;2-1-3/h2-18,20,28H,19H2,1H3,(H3,33,34)(H,35,37)(H,36,38);1H,(H,2,3). The average molecular weight is 632 g/mol. The fraction of sp³-hybridized carbons (Fsp3) is 0.125. The Morgan fingerprint density at radius 1 is 0.905 bits per heavy atom. The van der Waals surface area contributed by atoms with Crippen molar-refractivity contribution < 1.29 is 24.2 Å². The third-order valence-corrected chi connectivity index (χ3v) is 6.71. The molecule has 0 aliphatic carbocycles. The first-order chi connectivity index (χ1) is 20.2. The Morgan fingerprint density at radius 2 is 1.50 bits per heavy atom. The van der Waals surface area contributed by atoms with Crippen molar-refractivity contribution in [2.45, 2.75) is 25.5 Å². The number of nitrogen functional groups attached to an aromatic ring is 1. The second-order valence-corrected chi connectivity index (χ2v) is 10.1. The Hall–Kier alpha value is -4.96. The fourth-order valence-electron chi connectivity index (χ4n) is 3.99. The average Bonchev–Trinajstić information content (AvgIpc) is 2.98. The molecule has 2 amide bonds. The van der Waals surface area contributed by atoms with Crippen LogP contribution in [0.2, 0.25) is 0 Å². The highest BCUT2D eigenvalue weighted by Gasteiger charge is 2.29. The van der Waals surface area contributed by atoms with Gasteiger partial charge in [0, 0.05) is 15.7 Å². The van der Waals surface area contributed by atoms with Gasteiger partial charge >= 0.3 is 0 Å². The first-order valence-corrected chi connectivity index (χ1v) is 13.7. The van der Waals surface area contributed by atoms with Gasteiger partial charge in [-0.15, -0.1) is 0 Å². The summed E-state index contributed by atoms with van der Waals surface area (Å²) < 4.78 is 6.89. The minimum absolute atomic E-state index is 0.0624. The van der Waals surface area contributed by atoms with Crippen LogP contribution in [0.1, 0.15) is 41.1 Å². The Labute approximate surface area is 252 Å². The molecule has 216 valence electrons. The molecule has 0 radical (unpaired) electrons. The number of nitrogens with two attached hydrogens (primary N) is 1. The molecule has 0 aliphatic rings. The van der Waals surface area contributed by atoms with E-state index in [4.69, 9.17) is 25.8 Å². The first-order valence-electron chi connectivity index (χ1n) is 12.9. The minimum Gasteiger partial charge on any atom is -0.489 e. The van der Waals surface area contributed by atoms with Crippen LogP contribution in [0, 0.1) is 5.41 Å². The van der Waals surface area contributed by atoms with Gasteiger partial charge in [0.1, 0.15) is 24.1 Å². The largest absolute Gasteiger partial charge is 0.489 e. The van der Waals surface area contributed by atoms with Crippen molar-refractivity contribution in [3.63, 3.8) is 0 Å². The molecule has 0 aliphatic heterocycles. The van der Waals surface area contributed by atoms with Crippen molar-refractivity contribution in [3.8, 4) is 5.75 Å². The van der Waals surface area contributed by atoms with Crippen molar-refractivity contribution >= 4 is 45.7 Å². The summed E-state index contributed by atoms with van der Waals surface area (Å²) >= 11 is 3.43. The molecule has 0 spiro atoms. The van der Waals surface area contributed by atoms with Crippen molar-refractivity contribution in [1.29, 1.82) is 5.41 Å². The lowest BCUT2D eigenvalue weighted by Gasteiger charge is -2.21. The van der Waals surface area contributed by atoms with Crippen LogP contribution < -0.4 is 21.1 Å². The van der Waals surface area contributed by atoms with Crippen molar-refractivity contribution in [2.75, 3.05) is 5.32 Å². The van der Waals surface area contributed by atoms with Gasteiger partial charge in [-0.05, 0) is 72.1 Å². The number of amidine groups is 1. The van der Waals surface area contributed by atoms with E-state index in [0.29, 0.717) is 23.4 Å². The highest BCUT2D eigenvalue weighted by molar-refractivity contribution is 9.10.